The normalized spacial score (nSPS) is 13.1. The lowest BCUT2D eigenvalue weighted by Gasteiger charge is -2.08. The van der Waals surface area contributed by atoms with Gasteiger partial charge in [-0.15, -0.1) is 0 Å². The highest BCUT2D eigenvalue weighted by atomic mass is 35.5. The SMILES string of the molecule is O=C1Cc2cc(Oc3ccccc3Cl)ccc2N1. The van der Waals surface area contributed by atoms with Crippen molar-refractivity contribution in [2.75, 3.05) is 5.32 Å². The number of carbonyl (C=O) groups excluding carboxylic acids is 1. The molecule has 0 unspecified atom stereocenters. The lowest BCUT2D eigenvalue weighted by Crippen LogP contribution is -2.03. The first-order valence-electron chi connectivity index (χ1n) is 5.57. The largest absolute Gasteiger partial charge is 0.456 e. The van der Waals surface area contributed by atoms with E-state index in [1.165, 1.54) is 0 Å². The molecule has 0 atom stereocenters. The van der Waals surface area contributed by atoms with Crippen LogP contribution in [0.15, 0.2) is 42.5 Å². The molecule has 1 N–H and O–H groups in total. The molecule has 3 rings (SSSR count). The van der Waals surface area contributed by atoms with Gasteiger partial charge >= 0.3 is 0 Å². The lowest BCUT2D eigenvalue weighted by atomic mass is 10.1. The highest BCUT2D eigenvalue weighted by molar-refractivity contribution is 6.32. The number of ether oxygens (including phenoxy) is 1. The van der Waals surface area contributed by atoms with Gasteiger partial charge in [-0.2, -0.15) is 0 Å². The molecule has 1 aliphatic rings. The number of amides is 1. The molecule has 2 aromatic rings. The van der Waals surface area contributed by atoms with Crippen LogP contribution in [0.5, 0.6) is 11.5 Å². The summed E-state index contributed by atoms with van der Waals surface area (Å²) >= 11 is 6.02. The zero-order valence-corrected chi connectivity index (χ0v) is 10.2. The Balaban J connectivity index is 1.89. The Bertz CT molecular complexity index is 625. The maximum atomic E-state index is 11.3. The van der Waals surface area contributed by atoms with Crippen molar-refractivity contribution in [2.24, 2.45) is 0 Å². The summed E-state index contributed by atoms with van der Waals surface area (Å²) in [6, 6.07) is 12.8. The van der Waals surface area contributed by atoms with Gasteiger partial charge in [-0.05, 0) is 35.9 Å². The van der Waals surface area contributed by atoms with E-state index in [0.29, 0.717) is 22.9 Å². The number of hydrogen-bond acceptors (Lipinski definition) is 2. The standard InChI is InChI=1S/C14H10ClNO2/c15-11-3-1-2-4-13(11)18-10-5-6-12-9(7-10)8-14(17)16-12/h1-7H,8H2,(H,16,17). The van der Waals surface area contributed by atoms with Gasteiger partial charge in [-0.25, -0.2) is 0 Å². The summed E-state index contributed by atoms with van der Waals surface area (Å²) < 4.78 is 5.70. The van der Waals surface area contributed by atoms with Crippen LogP contribution in [0.3, 0.4) is 0 Å². The lowest BCUT2D eigenvalue weighted by molar-refractivity contribution is -0.115. The summed E-state index contributed by atoms with van der Waals surface area (Å²) in [6.07, 6.45) is 0.398. The molecule has 0 fully saturated rings. The van der Waals surface area contributed by atoms with Gasteiger partial charge in [-0.1, -0.05) is 23.7 Å². The second-order valence-corrected chi connectivity index (χ2v) is 4.48. The van der Waals surface area contributed by atoms with Gasteiger partial charge in [-0.3, -0.25) is 4.79 Å². The minimum atomic E-state index is 0.0138. The predicted octanol–water partition coefficient (Wildman–Crippen LogP) is 3.63. The van der Waals surface area contributed by atoms with Crippen LogP contribution in [-0.2, 0) is 11.2 Å². The number of anilines is 1. The minimum absolute atomic E-state index is 0.0138. The van der Waals surface area contributed by atoms with Gasteiger partial charge in [0.15, 0.2) is 0 Å². The van der Waals surface area contributed by atoms with Crippen LogP contribution >= 0.6 is 11.6 Å². The highest BCUT2D eigenvalue weighted by Gasteiger charge is 2.18. The number of para-hydroxylation sites is 1. The zero-order valence-electron chi connectivity index (χ0n) is 9.44. The highest BCUT2D eigenvalue weighted by Crippen LogP contribution is 2.32. The smallest absolute Gasteiger partial charge is 0.228 e. The van der Waals surface area contributed by atoms with Crippen molar-refractivity contribution in [3.8, 4) is 11.5 Å². The first kappa shape index (κ1) is 11.1. The molecule has 18 heavy (non-hydrogen) atoms. The second-order valence-electron chi connectivity index (χ2n) is 4.08. The number of hydrogen-bond donors (Lipinski definition) is 1. The number of fused-ring (bicyclic) bond motifs is 1. The molecule has 1 heterocycles. The number of benzene rings is 2. The molecule has 0 radical (unpaired) electrons. The number of nitrogens with one attached hydrogen (secondary N) is 1. The van der Waals surface area contributed by atoms with E-state index in [1.54, 1.807) is 12.1 Å². The van der Waals surface area contributed by atoms with E-state index < -0.39 is 0 Å². The number of carbonyl (C=O) groups is 1. The Hall–Kier alpha value is -2.00. The Morgan fingerprint density at radius 2 is 2.00 bits per heavy atom. The van der Waals surface area contributed by atoms with Crippen molar-refractivity contribution in [2.45, 2.75) is 6.42 Å². The molecular formula is C14H10ClNO2. The van der Waals surface area contributed by atoms with Crippen LogP contribution in [0, 0.1) is 0 Å². The Morgan fingerprint density at radius 1 is 1.17 bits per heavy atom. The summed E-state index contributed by atoms with van der Waals surface area (Å²) in [7, 11) is 0. The van der Waals surface area contributed by atoms with E-state index >= 15 is 0 Å². The Morgan fingerprint density at radius 3 is 2.83 bits per heavy atom. The molecule has 0 aliphatic carbocycles. The fourth-order valence-corrected chi connectivity index (χ4v) is 2.10. The molecule has 0 spiro atoms. The van der Waals surface area contributed by atoms with E-state index in [1.807, 2.05) is 30.3 Å². The summed E-state index contributed by atoms with van der Waals surface area (Å²) in [6.45, 7) is 0. The third kappa shape index (κ3) is 2.05. The summed E-state index contributed by atoms with van der Waals surface area (Å²) in [4.78, 5) is 11.3. The molecule has 0 saturated heterocycles. The van der Waals surface area contributed by atoms with Gasteiger partial charge in [0.25, 0.3) is 0 Å². The van der Waals surface area contributed by atoms with Crippen molar-refractivity contribution in [1.82, 2.24) is 0 Å². The van der Waals surface area contributed by atoms with Crippen LogP contribution in [0.2, 0.25) is 5.02 Å². The first-order chi connectivity index (χ1) is 8.72. The molecule has 1 amide bonds. The Kier molecular flexibility index (Phi) is 2.68. The first-order valence-corrected chi connectivity index (χ1v) is 5.95. The van der Waals surface area contributed by atoms with Crippen LogP contribution in [0.25, 0.3) is 0 Å². The van der Waals surface area contributed by atoms with Crippen molar-refractivity contribution in [1.29, 1.82) is 0 Å². The molecule has 90 valence electrons. The topological polar surface area (TPSA) is 38.3 Å². The fraction of sp³-hybridized carbons (Fsp3) is 0.0714. The third-order valence-corrected chi connectivity index (χ3v) is 3.08. The third-order valence-electron chi connectivity index (χ3n) is 2.77. The number of rotatable bonds is 2. The monoisotopic (exact) mass is 259 g/mol. The Labute approximate surface area is 109 Å². The van der Waals surface area contributed by atoms with Gasteiger partial charge in [0.1, 0.15) is 11.5 Å². The van der Waals surface area contributed by atoms with Gasteiger partial charge < -0.3 is 10.1 Å². The fourth-order valence-electron chi connectivity index (χ4n) is 1.92. The van der Waals surface area contributed by atoms with Crippen molar-refractivity contribution < 1.29 is 9.53 Å². The van der Waals surface area contributed by atoms with Crippen LogP contribution in [0.4, 0.5) is 5.69 Å². The molecule has 0 saturated carbocycles. The molecule has 4 heteroatoms. The quantitative estimate of drug-likeness (QED) is 0.894. The van der Waals surface area contributed by atoms with E-state index in [9.17, 15) is 4.79 Å². The van der Waals surface area contributed by atoms with Crippen LogP contribution in [0.1, 0.15) is 5.56 Å². The van der Waals surface area contributed by atoms with Gasteiger partial charge in [0.05, 0.1) is 11.4 Å². The average molecular weight is 260 g/mol. The van der Waals surface area contributed by atoms with Crippen molar-refractivity contribution in [3.05, 3.63) is 53.1 Å². The summed E-state index contributed by atoms with van der Waals surface area (Å²) in [5, 5.41) is 3.34. The van der Waals surface area contributed by atoms with Crippen molar-refractivity contribution >= 4 is 23.2 Å². The average Bonchev–Trinajstić information content (AvgIpc) is 2.71. The minimum Gasteiger partial charge on any atom is -0.456 e. The molecule has 0 bridgehead atoms. The van der Waals surface area contributed by atoms with E-state index in [2.05, 4.69) is 5.32 Å². The van der Waals surface area contributed by atoms with Crippen LogP contribution < -0.4 is 10.1 Å². The number of halogens is 1. The van der Waals surface area contributed by atoms with Crippen molar-refractivity contribution in [3.63, 3.8) is 0 Å². The maximum absolute atomic E-state index is 11.3. The second kappa shape index (κ2) is 4.35. The molecule has 0 aromatic heterocycles. The molecule has 2 aromatic carbocycles. The van der Waals surface area contributed by atoms with Gasteiger partial charge in [0.2, 0.25) is 5.91 Å². The maximum Gasteiger partial charge on any atom is 0.228 e. The van der Waals surface area contributed by atoms with Gasteiger partial charge in [0, 0.05) is 5.69 Å². The predicted molar refractivity (Wildman–Crippen MR) is 70.3 cm³/mol. The summed E-state index contributed by atoms with van der Waals surface area (Å²) in [5.41, 5.74) is 1.80. The molecule has 3 nitrogen and oxygen atoms in total. The van der Waals surface area contributed by atoms with E-state index in [0.717, 1.165) is 11.3 Å². The van der Waals surface area contributed by atoms with E-state index in [4.69, 9.17) is 16.3 Å². The summed E-state index contributed by atoms with van der Waals surface area (Å²) in [5.74, 6) is 1.30. The molecular weight excluding hydrogens is 250 g/mol. The zero-order chi connectivity index (χ0) is 12.5. The van der Waals surface area contributed by atoms with E-state index in [-0.39, 0.29) is 5.91 Å². The van der Waals surface area contributed by atoms with Crippen LogP contribution in [-0.4, -0.2) is 5.91 Å². The molecule has 1 aliphatic heterocycles.